The fourth-order valence-electron chi connectivity index (χ4n) is 0. The van der Waals surface area contributed by atoms with Gasteiger partial charge in [0, 0.05) is 6.08 Å². The molecular formula is C5H6Cl2O2. The summed E-state index contributed by atoms with van der Waals surface area (Å²) in [7, 11) is 0. The summed E-state index contributed by atoms with van der Waals surface area (Å²) in [6, 6.07) is 0. The second-order valence-electron chi connectivity index (χ2n) is 0.881. The average Bonchev–Trinajstić information content (AvgIpc) is 1.65. The Labute approximate surface area is 63.4 Å². The summed E-state index contributed by atoms with van der Waals surface area (Å²) in [6.07, 6.45) is 0.833. The van der Waals surface area contributed by atoms with Gasteiger partial charge in [-0.1, -0.05) is 36.4 Å². The molecule has 0 aliphatic heterocycles. The van der Waals surface area contributed by atoms with Crippen molar-refractivity contribution in [3.05, 3.63) is 23.7 Å². The maximum atomic E-state index is 9.25. The molecule has 0 saturated carbocycles. The van der Waals surface area contributed by atoms with Gasteiger partial charge in [-0.25, -0.2) is 4.79 Å². The molecule has 0 radical (unpaired) electrons. The maximum Gasteiger partial charge on any atom is 0.327 e. The maximum absolute atomic E-state index is 9.25. The van der Waals surface area contributed by atoms with Gasteiger partial charge in [0.05, 0.1) is 4.49 Å². The van der Waals surface area contributed by atoms with Crippen molar-refractivity contribution in [3.63, 3.8) is 0 Å². The van der Waals surface area contributed by atoms with Gasteiger partial charge in [0.25, 0.3) is 0 Å². The zero-order valence-corrected chi connectivity index (χ0v) is 6.11. The van der Waals surface area contributed by atoms with Crippen LogP contribution in [-0.4, -0.2) is 11.1 Å². The Kier molecular flexibility index (Phi) is 9.49. The minimum Gasteiger partial charge on any atom is -0.478 e. The van der Waals surface area contributed by atoms with Crippen LogP contribution in [0.25, 0.3) is 0 Å². The number of halogens is 2. The van der Waals surface area contributed by atoms with Crippen LogP contribution in [0.1, 0.15) is 0 Å². The molecule has 0 aliphatic carbocycles. The van der Waals surface area contributed by atoms with Crippen molar-refractivity contribution in [3.8, 4) is 0 Å². The van der Waals surface area contributed by atoms with Crippen LogP contribution in [0, 0.1) is 0 Å². The molecule has 0 bridgehead atoms. The number of hydrogen-bond donors (Lipinski definition) is 1. The first kappa shape index (κ1) is 11.3. The topological polar surface area (TPSA) is 37.3 Å². The van der Waals surface area contributed by atoms with Crippen molar-refractivity contribution in [2.75, 3.05) is 0 Å². The first-order valence-electron chi connectivity index (χ1n) is 1.86. The van der Waals surface area contributed by atoms with Gasteiger partial charge in [-0.05, 0) is 0 Å². The molecule has 0 spiro atoms. The van der Waals surface area contributed by atoms with Crippen LogP contribution in [0.4, 0.5) is 0 Å². The lowest BCUT2D eigenvalue weighted by atomic mass is 10.7. The van der Waals surface area contributed by atoms with Crippen LogP contribution in [0.15, 0.2) is 23.7 Å². The summed E-state index contributed by atoms with van der Waals surface area (Å²) in [5.41, 5.74) is 0. The third kappa shape index (κ3) is 98.4. The number of carbonyl (C=O) groups is 1. The molecule has 0 aromatic rings. The molecular weight excluding hydrogens is 163 g/mol. The standard InChI is InChI=1S/C3H4O2.C2H2Cl2/c1-2-3(4)5;1-2(3)4/h2H,1H2,(H,4,5);1H2. The van der Waals surface area contributed by atoms with Crippen molar-refractivity contribution in [1.29, 1.82) is 0 Å². The van der Waals surface area contributed by atoms with E-state index in [4.69, 9.17) is 28.3 Å². The molecule has 1 N–H and O–H groups in total. The smallest absolute Gasteiger partial charge is 0.327 e. The van der Waals surface area contributed by atoms with E-state index in [0.717, 1.165) is 6.08 Å². The van der Waals surface area contributed by atoms with E-state index in [-0.39, 0.29) is 4.49 Å². The van der Waals surface area contributed by atoms with Gasteiger partial charge in [0.15, 0.2) is 0 Å². The normalized spacial score (nSPS) is 6.44. The molecule has 0 fully saturated rings. The quantitative estimate of drug-likeness (QED) is 0.610. The lowest BCUT2D eigenvalue weighted by Crippen LogP contribution is -1.82. The van der Waals surface area contributed by atoms with Crippen LogP contribution >= 0.6 is 23.2 Å². The molecule has 0 unspecified atom stereocenters. The van der Waals surface area contributed by atoms with E-state index in [1.165, 1.54) is 0 Å². The zero-order chi connectivity index (χ0) is 7.86. The molecule has 52 valence electrons. The first-order chi connectivity index (χ1) is 4.00. The summed E-state index contributed by atoms with van der Waals surface area (Å²) < 4.78 is 0.111. The summed E-state index contributed by atoms with van der Waals surface area (Å²) in [4.78, 5) is 9.25. The van der Waals surface area contributed by atoms with E-state index in [2.05, 4.69) is 13.2 Å². The molecule has 0 rings (SSSR count). The summed E-state index contributed by atoms with van der Waals surface area (Å²) in [6.45, 7) is 6.05. The Bertz CT molecular complexity index is 116. The van der Waals surface area contributed by atoms with Crippen LogP contribution < -0.4 is 0 Å². The Morgan fingerprint density at radius 3 is 1.67 bits per heavy atom. The Hall–Kier alpha value is -0.470. The van der Waals surface area contributed by atoms with Gasteiger partial charge >= 0.3 is 5.97 Å². The van der Waals surface area contributed by atoms with Crippen molar-refractivity contribution in [1.82, 2.24) is 0 Å². The fourth-order valence-corrected chi connectivity index (χ4v) is 0. The summed E-state index contributed by atoms with van der Waals surface area (Å²) in [5.74, 6) is -0.981. The van der Waals surface area contributed by atoms with E-state index in [0.29, 0.717) is 0 Å². The van der Waals surface area contributed by atoms with Crippen molar-refractivity contribution >= 4 is 29.2 Å². The van der Waals surface area contributed by atoms with Gasteiger partial charge in [-0.3, -0.25) is 0 Å². The predicted octanol–water partition coefficient (Wildman–Crippen LogP) is 2.19. The highest BCUT2D eigenvalue weighted by Gasteiger charge is 1.73. The third-order valence-electron chi connectivity index (χ3n) is 0.175. The molecule has 4 heteroatoms. The van der Waals surface area contributed by atoms with Crippen LogP contribution in [0.3, 0.4) is 0 Å². The van der Waals surface area contributed by atoms with Crippen molar-refractivity contribution in [2.45, 2.75) is 0 Å². The van der Waals surface area contributed by atoms with Crippen molar-refractivity contribution in [2.24, 2.45) is 0 Å². The lowest BCUT2D eigenvalue weighted by molar-refractivity contribution is -0.131. The summed E-state index contributed by atoms with van der Waals surface area (Å²) in [5, 5.41) is 7.60. The molecule has 0 aliphatic rings. The Morgan fingerprint density at radius 2 is 1.67 bits per heavy atom. The molecule has 0 atom stereocenters. The van der Waals surface area contributed by atoms with E-state index in [1.54, 1.807) is 0 Å². The second kappa shape index (κ2) is 7.53. The van der Waals surface area contributed by atoms with E-state index < -0.39 is 5.97 Å². The Balaban J connectivity index is 0. The van der Waals surface area contributed by atoms with Gasteiger partial charge in [-0.15, -0.1) is 0 Å². The highest BCUT2D eigenvalue weighted by Crippen LogP contribution is 1.98. The minimum absolute atomic E-state index is 0.111. The number of hydrogen-bond acceptors (Lipinski definition) is 1. The first-order valence-corrected chi connectivity index (χ1v) is 2.61. The van der Waals surface area contributed by atoms with E-state index >= 15 is 0 Å². The predicted molar refractivity (Wildman–Crippen MR) is 38.7 cm³/mol. The second-order valence-corrected chi connectivity index (χ2v) is 1.99. The molecule has 0 aromatic heterocycles. The molecule has 0 saturated heterocycles. The summed E-state index contributed by atoms with van der Waals surface area (Å²) >= 11 is 9.69. The largest absolute Gasteiger partial charge is 0.478 e. The zero-order valence-electron chi connectivity index (χ0n) is 4.60. The molecule has 2 nitrogen and oxygen atoms in total. The monoisotopic (exact) mass is 168 g/mol. The SMILES string of the molecule is C=C(Cl)Cl.C=CC(=O)O. The van der Waals surface area contributed by atoms with E-state index in [9.17, 15) is 4.79 Å². The number of carboxylic acids is 1. The van der Waals surface area contributed by atoms with Gasteiger partial charge in [-0.2, -0.15) is 0 Å². The Morgan fingerprint density at radius 1 is 1.56 bits per heavy atom. The number of carboxylic acid groups (broad SMARTS) is 1. The van der Waals surface area contributed by atoms with Crippen LogP contribution in [0.5, 0.6) is 0 Å². The van der Waals surface area contributed by atoms with Gasteiger partial charge < -0.3 is 5.11 Å². The number of rotatable bonds is 1. The highest BCUT2D eigenvalue weighted by molar-refractivity contribution is 6.55. The minimum atomic E-state index is -0.981. The molecule has 0 heterocycles. The molecule has 0 amide bonds. The highest BCUT2D eigenvalue weighted by atomic mass is 35.5. The van der Waals surface area contributed by atoms with E-state index in [1.807, 2.05) is 0 Å². The fraction of sp³-hybridized carbons (Fsp3) is 0. The van der Waals surface area contributed by atoms with Crippen LogP contribution in [-0.2, 0) is 4.79 Å². The van der Waals surface area contributed by atoms with Crippen molar-refractivity contribution < 1.29 is 9.90 Å². The molecule has 0 aromatic carbocycles. The number of aliphatic carboxylic acids is 1. The molecule has 9 heavy (non-hydrogen) atoms. The average molecular weight is 169 g/mol. The third-order valence-corrected chi connectivity index (χ3v) is 0.175. The lowest BCUT2D eigenvalue weighted by Gasteiger charge is -1.64. The van der Waals surface area contributed by atoms with Gasteiger partial charge in [0.1, 0.15) is 0 Å². The van der Waals surface area contributed by atoms with Crippen LogP contribution in [0.2, 0.25) is 0 Å². The van der Waals surface area contributed by atoms with Gasteiger partial charge in [0.2, 0.25) is 0 Å².